The van der Waals surface area contributed by atoms with Crippen molar-refractivity contribution in [1.29, 1.82) is 0 Å². The van der Waals surface area contributed by atoms with Crippen LogP contribution in [-0.2, 0) is 16.0 Å². The van der Waals surface area contributed by atoms with Crippen molar-refractivity contribution in [2.24, 2.45) is 0 Å². The maximum absolute atomic E-state index is 12.2. The summed E-state index contributed by atoms with van der Waals surface area (Å²) in [7, 11) is 1.73. The van der Waals surface area contributed by atoms with Crippen LogP contribution in [0.3, 0.4) is 0 Å². The summed E-state index contributed by atoms with van der Waals surface area (Å²) in [6, 6.07) is 8.04. The lowest BCUT2D eigenvalue weighted by Crippen LogP contribution is -2.45. The SMILES string of the molecule is CCOc1ccc(CC(=O)NC2CCN(CCOC)CC2)cc1. The molecule has 1 aliphatic heterocycles. The van der Waals surface area contributed by atoms with E-state index < -0.39 is 0 Å². The lowest BCUT2D eigenvalue weighted by molar-refractivity contribution is -0.121. The molecular formula is C18H28N2O3. The molecule has 0 unspecified atom stereocenters. The number of likely N-dealkylation sites (tertiary alicyclic amines) is 1. The van der Waals surface area contributed by atoms with Gasteiger partial charge in [-0.15, -0.1) is 0 Å². The highest BCUT2D eigenvalue weighted by molar-refractivity contribution is 5.78. The Kier molecular flexibility index (Phi) is 7.36. The Bertz CT molecular complexity index is 468. The highest BCUT2D eigenvalue weighted by Gasteiger charge is 2.20. The van der Waals surface area contributed by atoms with Crippen molar-refractivity contribution in [3.8, 4) is 5.75 Å². The van der Waals surface area contributed by atoms with E-state index in [1.807, 2.05) is 31.2 Å². The quantitative estimate of drug-likeness (QED) is 0.794. The van der Waals surface area contributed by atoms with Gasteiger partial charge in [-0.05, 0) is 37.5 Å². The van der Waals surface area contributed by atoms with Crippen LogP contribution in [0.2, 0.25) is 0 Å². The fraction of sp³-hybridized carbons (Fsp3) is 0.611. The van der Waals surface area contributed by atoms with Gasteiger partial charge in [0.25, 0.3) is 0 Å². The third-order valence-corrected chi connectivity index (χ3v) is 4.16. The first kappa shape index (κ1) is 17.8. The lowest BCUT2D eigenvalue weighted by Gasteiger charge is -2.32. The largest absolute Gasteiger partial charge is 0.494 e. The van der Waals surface area contributed by atoms with Gasteiger partial charge in [-0.25, -0.2) is 0 Å². The number of benzene rings is 1. The molecule has 0 aliphatic carbocycles. The van der Waals surface area contributed by atoms with Crippen LogP contribution in [0.25, 0.3) is 0 Å². The van der Waals surface area contributed by atoms with E-state index in [0.717, 1.165) is 50.4 Å². The smallest absolute Gasteiger partial charge is 0.224 e. The fourth-order valence-electron chi connectivity index (χ4n) is 2.86. The van der Waals surface area contributed by atoms with Crippen LogP contribution in [0.4, 0.5) is 0 Å². The van der Waals surface area contributed by atoms with Gasteiger partial charge in [0.15, 0.2) is 0 Å². The van der Waals surface area contributed by atoms with Crippen LogP contribution in [-0.4, -0.2) is 56.8 Å². The van der Waals surface area contributed by atoms with E-state index in [9.17, 15) is 4.79 Å². The van der Waals surface area contributed by atoms with Gasteiger partial charge in [-0.2, -0.15) is 0 Å². The number of carbonyl (C=O) groups is 1. The standard InChI is InChI=1S/C18H28N2O3/c1-3-23-17-6-4-15(5-7-17)14-18(21)19-16-8-10-20(11-9-16)12-13-22-2/h4-7,16H,3,8-14H2,1-2H3,(H,19,21). The summed E-state index contributed by atoms with van der Waals surface area (Å²) in [4.78, 5) is 14.6. The second-order valence-corrected chi connectivity index (χ2v) is 5.93. The van der Waals surface area contributed by atoms with Crippen LogP contribution in [0, 0.1) is 0 Å². The summed E-state index contributed by atoms with van der Waals surface area (Å²) in [5.74, 6) is 0.949. The van der Waals surface area contributed by atoms with Crippen molar-refractivity contribution in [2.75, 3.05) is 40.0 Å². The monoisotopic (exact) mass is 320 g/mol. The van der Waals surface area contributed by atoms with E-state index in [0.29, 0.717) is 19.1 Å². The first-order valence-corrected chi connectivity index (χ1v) is 8.43. The second-order valence-electron chi connectivity index (χ2n) is 5.93. The molecule has 0 saturated carbocycles. The van der Waals surface area contributed by atoms with Crippen molar-refractivity contribution in [3.63, 3.8) is 0 Å². The molecule has 1 aromatic carbocycles. The predicted octanol–water partition coefficient (Wildman–Crippen LogP) is 1.85. The maximum Gasteiger partial charge on any atom is 0.224 e. The van der Waals surface area contributed by atoms with Crippen LogP contribution in [0.1, 0.15) is 25.3 Å². The summed E-state index contributed by atoms with van der Waals surface area (Å²) in [6.07, 6.45) is 2.45. The molecule has 5 nitrogen and oxygen atoms in total. The highest BCUT2D eigenvalue weighted by atomic mass is 16.5. The van der Waals surface area contributed by atoms with E-state index in [4.69, 9.17) is 9.47 Å². The number of carbonyl (C=O) groups excluding carboxylic acids is 1. The predicted molar refractivity (Wildman–Crippen MR) is 90.8 cm³/mol. The maximum atomic E-state index is 12.2. The molecule has 0 atom stereocenters. The Hall–Kier alpha value is -1.59. The zero-order chi connectivity index (χ0) is 16.5. The number of nitrogens with zero attached hydrogens (tertiary/aromatic N) is 1. The molecule has 1 N–H and O–H groups in total. The van der Waals surface area contributed by atoms with Crippen LogP contribution < -0.4 is 10.1 Å². The van der Waals surface area contributed by atoms with Gasteiger partial charge in [0.2, 0.25) is 5.91 Å². The Morgan fingerprint density at radius 2 is 1.96 bits per heavy atom. The van der Waals surface area contributed by atoms with Crippen LogP contribution in [0.5, 0.6) is 5.75 Å². The Morgan fingerprint density at radius 3 is 2.57 bits per heavy atom. The van der Waals surface area contributed by atoms with E-state index in [-0.39, 0.29) is 5.91 Å². The fourth-order valence-corrected chi connectivity index (χ4v) is 2.86. The number of rotatable bonds is 8. The number of hydrogen-bond acceptors (Lipinski definition) is 4. The zero-order valence-electron chi connectivity index (χ0n) is 14.2. The molecule has 1 heterocycles. The average molecular weight is 320 g/mol. The van der Waals surface area contributed by atoms with Gasteiger partial charge in [0.05, 0.1) is 19.6 Å². The third-order valence-electron chi connectivity index (χ3n) is 4.16. The number of nitrogens with one attached hydrogen (secondary N) is 1. The van der Waals surface area contributed by atoms with Crippen LogP contribution in [0.15, 0.2) is 24.3 Å². The minimum Gasteiger partial charge on any atom is -0.494 e. The van der Waals surface area contributed by atoms with Crippen molar-refractivity contribution in [1.82, 2.24) is 10.2 Å². The molecular weight excluding hydrogens is 292 g/mol. The number of methoxy groups -OCH3 is 1. The van der Waals surface area contributed by atoms with E-state index >= 15 is 0 Å². The first-order chi connectivity index (χ1) is 11.2. The molecule has 1 saturated heterocycles. The first-order valence-electron chi connectivity index (χ1n) is 8.43. The molecule has 1 aromatic rings. The molecule has 1 aliphatic rings. The topological polar surface area (TPSA) is 50.8 Å². The summed E-state index contributed by atoms with van der Waals surface area (Å²) >= 11 is 0. The summed E-state index contributed by atoms with van der Waals surface area (Å²) < 4.78 is 10.5. The Balaban J connectivity index is 1.71. The summed E-state index contributed by atoms with van der Waals surface area (Å²) in [5, 5.41) is 3.16. The Morgan fingerprint density at radius 1 is 1.26 bits per heavy atom. The van der Waals surface area contributed by atoms with Gasteiger partial charge in [-0.3, -0.25) is 4.79 Å². The molecule has 1 fully saturated rings. The highest BCUT2D eigenvalue weighted by Crippen LogP contribution is 2.13. The van der Waals surface area contributed by atoms with E-state index in [1.54, 1.807) is 7.11 Å². The van der Waals surface area contributed by atoms with E-state index in [2.05, 4.69) is 10.2 Å². The van der Waals surface area contributed by atoms with Crippen molar-refractivity contribution < 1.29 is 14.3 Å². The minimum absolute atomic E-state index is 0.101. The van der Waals surface area contributed by atoms with Crippen LogP contribution >= 0.6 is 0 Å². The lowest BCUT2D eigenvalue weighted by atomic mass is 10.0. The number of ether oxygens (including phenoxy) is 2. The van der Waals surface area contributed by atoms with Gasteiger partial charge in [0.1, 0.15) is 5.75 Å². The molecule has 23 heavy (non-hydrogen) atoms. The summed E-state index contributed by atoms with van der Waals surface area (Å²) in [5.41, 5.74) is 1.02. The average Bonchev–Trinajstić information content (AvgIpc) is 2.56. The van der Waals surface area contributed by atoms with Gasteiger partial charge >= 0.3 is 0 Å². The van der Waals surface area contributed by atoms with E-state index in [1.165, 1.54) is 0 Å². The normalized spacial score (nSPS) is 16.3. The van der Waals surface area contributed by atoms with Gasteiger partial charge in [0, 0.05) is 32.8 Å². The second kappa shape index (κ2) is 9.53. The molecule has 0 aromatic heterocycles. The zero-order valence-corrected chi connectivity index (χ0v) is 14.2. The molecule has 2 rings (SSSR count). The molecule has 1 amide bonds. The summed E-state index contributed by atoms with van der Waals surface area (Å²) in [6.45, 7) is 6.41. The minimum atomic E-state index is 0.101. The van der Waals surface area contributed by atoms with Crippen molar-refractivity contribution in [2.45, 2.75) is 32.2 Å². The number of amides is 1. The van der Waals surface area contributed by atoms with Crippen molar-refractivity contribution >= 4 is 5.91 Å². The number of piperidine rings is 1. The molecule has 128 valence electrons. The number of hydrogen-bond donors (Lipinski definition) is 1. The third kappa shape index (κ3) is 6.20. The molecule has 0 bridgehead atoms. The molecule has 0 spiro atoms. The van der Waals surface area contributed by atoms with Crippen molar-refractivity contribution in [3.05, 3.63) is 29.8 Å². The molecule has 5 heteroatoms. The molecule has 0 radical (unpaired) electrons. The van der Waals surface area contributed by atoms with Gasteiger partial charge in [-0.1, -0.05) is 12.1 Å². The van der Waals surface area contributed by atoms with Gasteiger partial charge < -0.3 is 19.7 Å². The Labute approximate surface area is 139 Å².